The highest BCUT2D eigenvalue weighted by Crippen LogP contribution is 2.34. The predicted molar refractivity (Wildman–Crippen MR) is 113 cm³/mol. The Hall–Kier alpha value is -3.48. The van der Waals surface area contributed by atoms with Crippen molar-refractivity contribution >= 4 is 17.6 Å². The van der Waals surface area contributed by atoms with Gasteiger partial charge < -0.3 is 5.32 Å². The standard InChI is InChI=1S/C23H24N4O3/c1-3-4-12-23(17-8-6-5-7-9-17)21(29)27(22(30)25-23)15-18-13-20(28)26-14-16(2)10-11-19(26)24-18/h5-11,13-14H,3-4,12,15H2,1-2H3,(H,25,30). The lowest BCUT2D eigenvalue weighted by atomic mass is 9.85. The lowest BCUT2D eigenvalue weighted by Gasteiger charge is -2.27. The van der Waals surface area contributed by atoms with E-state index in [9.17, 15) is 14.4 Å². The quantitative estimate of drug-likeness (QED) is 0.640. The van der Waals surface area contributed by atoms with E-state index in [-0.39, 0.29) is 18.0 Å². The van der Waals surface area contributed by atoms with Crippen LogP contribution in [0, 0.1) is 6.92 Å². The van der Waals surface area contributed by atoms with Gasteiger partial charge in [-0.15, -0.1) is 0 Å². The van der Waals surface area contributed by atoms with Crippen LogP contribution in [0.25, 0.3) is 5.65 Å². The molecular weight excluding hydrogens is 380 g/mol. The molecule has 4 rings (SSSR count). The number of benzene rings is 1. The number of nitrogens with zero attached hydrogens (tertiary/aromatic N) is 3. The van der Waals surface area contributed by atoms with Crippen LogP contribution in [0.1, 0.15) is 43.0 Å². The van der Waals surface area contributed by atoms with Gasteiger partial charge in [-0.05, 0) is 30.5 Å². The highest BCUT2D eigenvalue weighted by Gasteiger charge is 2.51. The number of pyridine rings is 1. The number of aromatic nitrogens is 2. The zero-order valence-electron chi connectivity index (χ0n) is 17.1. The fourth-order valence-corrected chi connectivity index (χ4v) is 3.94. The fourth-order valence-electron chi connectivity index (χ4n) is 3.94. The van der Waals surface area contributed by atoms with Crippen LogP contribution >= 0.6 is 0 Å². The molecule has 1 fully saturated rings. The molecule has 0 radical (unpaired) electrons. The van der Waals surface area contributed by atoms with Crippen LogP contribution in [-0.4, -0.2) is 26.2 Å². The molecule has 0 bridgehead atoms. The molecule has 1 aromatic carbocycles. The number of nitrogens with one attached hydrogen (secondary N) is 1. The van der Waals surface area contributed by atoms with Gasteiger partial charge in [-0.1, -0.05) is 56.2 Å². The molecule has 7 nitrogen and oxygen atoms in total. The predicted octanol–water partition coefficient (Wildman–Crippen LogP) is 3.14. The lowest BCUT2D eigenvalue weighted by molar-refractivity contribution is -0.132. The molecule has 3 aromatic rings. The van der Waals surface area contributed by atoms with E-state index in [1.54, 1.807) is 12.3 Å². The van der Waals surface area contributed by atoms with Crippen molar-refractivity contribution in [2.75, 3.05) is 0 Å². The minimum absolute atomic E-state index is 0.0506. The van der Waals surface area contributed by atoms with E-state index >= 15 is 0 Å². The lowest BCUT2D eigenvalue weighted by Crippen LogP contribution is -2.44. The van der Waals surface area contributed by atoms with Crippen molar-refractivity contribution in [3.63, 3.8) is 0 Å². The number of rotatable bonds is 6. The monoisotopic (exact) mass is 404 g/mol. The Balaban J connectivity index is 1.69. The number of hydrogen-bond acceptors (Lipinski definition) is 4. The molecule has 2 aromatic heterocycles. The summed E-state index contributed by atoms with van der Waals surface area (Å²) in [4.78, 5) is 44.4. The SMILES string of the molecule is CCCCC1(c2ccccc2)NC(=O)N(Cc2cc(=O)n3cc(C)ccc3n2)C1=O. The van der Waals surface area contributed by atoms with Crippen LogP contribution in [0.4, 0.5) is 4.79 Å². The van der Waals surface area contributed by atoms with Gasteiger partial charge in [0.05, 0.1) is 12.2 Å². The maximum absolute atomic E-state index is 13.5. The van der Waals surface area contributed by atoms with Crippen LogP contribution in [0.15, 0.2) is 59.5 Å². The summed E-state index contributed by atoms with van der Waals surface area (Å²) < 4.78 is 1.46. The van der Waals surface area contributed by atoms with Crippen LogP contribution in [0.2, 0.25) is 0 Å². The van der Waals surface area contributed by atoms with Gasteiger partial charge in [-0.25, -0.2) is 9.78 Å². The Morgan fingerprint density at radius 3 is 2.57 bits per heavy atom. The van der Waals surface area contributed by atoms with Gasteiger partial charge in [-0.3, -0.25) is 18.9 Å². The second-order valence-corrected chi connectivity index (χ2v) is 7.72. The molecule has 1 aliphatic rings. The zero-order chi connectivity index (χ0) is 21.3. The molecule has 30 heavy (non-hydrogen) atoms. The topological polar surface area (TPSA) is 83.8 Å². The first kappa shape index (κ1) is 19.8. The molecule has 1 unspecified atom stereocenters. The van der Waals surface area contributed by atoms with Crippen LogP contribution in [0.3, 0.4) is 0 Å². The van der Waals surface area contributed by atoms with Crippen molar-refractivity contribution in [2.24, 2.45) is 0 Å². The summed E-state index contributed by atoms with van der Waals surface area (Å²) in [5, 5.41) is 2.92. The molecule has 1 aliphatic heterocycles. The van der Waals surface area contributed by atoms with Crippen LogP contribution in [0.5, 0.6) is 0 Å². The molecule has 7 heteroatoms. The van der Waals surface area contributed by atoms with E-state index in [2.05, 4.69) is 10.3 Å². The summed E-state index contributed by atoms with van der Waals surface area (Å²) in [6, 6.07) is 13.8. The summed E-state index contributed by atoms with van der Waals surface area (Å²) in [6.45, 7) is 3.89. The average molecular weight is 404 g/mol. The Kier molecular flexibility index (Phi) is 5.11. The van der Waals surface area contributed by atoms with Gasteiger partial charge >= 0.3 is 6.03 Å². The molecule has 3 heterocycles. The molecular formula is C23H24N4O3. The number of urea groups is 1. The smallest absolute Gasteiger partial charge is 0.319 e. The first-order chi connectivity index (χ1) is 14.4. The van der Waals surface area contributed by atoms with Gasteiger partial charge in [0.25, 0.3) is 11.5 Å². The number of hydrogen-bond donors (Lipinski definition) is 1. The Labute approximate surface area is 174 Å². The molecule has 0 aliphatic carbocycles. The third-order valence-corrected chi connectivity index (χ3v) is 5.53. The van der Waals surface area contributed by atoms with E-state index in [0.29, 0.717) is 17.8 Å². The number of fused-ring (bicyclic) bond motifs is 1. The summed E-state index contributed by atoms with van der Waals surface area (Å²) in [6.07, 6.45) is 3.93. The fraction of sp³-hybridized carbons (Fsp3) is 0.304. The summed E-state index contributed by atoms with van der Waals surface area (Å²) in [5.74, 6) is -0.307. The number of carbonyl (C=O) groups excluding carboxylic acids is 2. The minimum atomic E-state index is -1.09. The first-order valence-corrected chi connectivity index (χ1v) is 10.1. The minimum Gasteiger partial charge on any atom is -0.319 e. The molecule has 1 N–H and O–H groups in total. The summed E-state index contributed by atoms with van der Waals surface area (Å²) in [7, 11) is 0. The third kappa shape index (κ3) is 3.36. The summed E-state index contributed by atoms with van der Waals surface area (Å²) in [5.41, 5.74) is 1.24. The zero-order valence-corrected chi connectivity index (χ0v) is 17.1. The second kappa shape index (κ2) is 7.74. The van der Waals surface area contributed by atoms with Gasteiger partial charge in [0.2, 0.25) is 0 Å². The number of imide groups is 1. The van der Waals surface area contributed by atoms with Crippen molar-refractivity contribution in [2.45, 2.75) is 45.2 Å². The van der Waals surface area contributed by atoms with Crippen molar-refractivity contribution < 1.29 is 9.59 Å². The van der Waals surface area contributed by atoms with E-state index in [0.717, 1.165) is 28.9 Å². The van der Waals surface area contributed by atoms with E-state index in [4.69, 9.17) is 0 Å². The Morgan fingerprint density at radius 1 is 1.07 bits per heavy atom. The molecule has 154 valence electrons. The van der Waals surface area contributed by atoms with Gasteiger partial charge in [0.1, 0.15) is 11.2 Å². The van der Waals surface area contributed by atoms with Crippen molar-refractivity contribution in [3.05, 3.63) is 81.9 Å². The molecule has 0 saturated carbocycles. The normalized spacial score (nSPS) is 18.8. The van der Waals surface area contributed by atoms with Gasteiger partial charge in [0, 0.05) is 12.3 Å². The highest BCUT2D eigenvalue weighted by molar-refractivity contribution is 6.07. The number of amides is 3. The maximum Gasteiger partial charge on any atom is 0.325 e. The molecule has 0 spiro atoms. The van der Waals surface area contributed by atoms with Gasteiger partial charge in [0.15, 0.2) is 0 Å². The number of unbranched alkanes of at least 4 members (excludes halogenated alkanes) is 1. The number of carbonyl (C=O) groups is 2. The Morgan fingerprint density at radius 2 is 1.83 bits per heavy atom. The van der Waals surface area contributed by atoms with Gasteiger partial charge in [-0.2, -0.15) is 0 Å². The largest absolute Gasteiger partial charge is 0.325 e. The Bertz CT molecular complexity index is 1170. The second-order valence-electron chi connectivity index (χ2n) is 7.72. The van der Waals surface area contributed by atoms with Crippen LogP contribution in [-0.2, 0) is 16.9 Å². The molecule has 1 atom stereocenters. The van der Waals surface area contributed by atoms with Crippen molar-refractivity contribution in [3.8, 4) is 0 Å². The van der Waals surface area contributed by atoms with Crippen LogP contribution < -0.4 is 10.9 Å². The number of aryl methyl sites for hydroxylation is 1. The first-order valence-electron chi connectivity index (χ1n) is 10.1. The van der Waals surface area contributed by atoms with E-state index in [1.165, 1.54) is 10.5 Å². The van der Waals surface area contributed by atoms with Crippen molar-refractivity contribution in [1.29, 1.82) is 0 Å². The summed E-state index contributed by atoms with van der Waals surface area (Å²) >= 11 is 0. The maximum atomic E-state index is 13.5. The molecule has 3 amide bonds. The van der Waals surface area contributed by atoms with Crippen molar-refractivity contribution in [1.82, 2.24) is 19.6 Å². The average Bonchev–Trinajstić information content (AvgIpc) is 2.98. The highest BCUT2D eigenvalue weighted by atomic mass is 16.2. The third-order valence-electron chi connectivity index (χ3n) is 5.53. The van der Waals surface area contributed by atoms with E-state index < -0.39 is 11.6 Å². The molecule has 1 saturated heterocycles. The van der Waals surface area contributed by atoms with E-state index in [1.807, 2.05) is 50.2 Å².